The van der Waals surface area contributed by atoms with Crippen molar-refractivity contribution in [1.82, 2.24) is 9.97 Å². The zero-order chi connectivity index (χ0) is 13.7. The first-order valence-corrected chi connectivity index (χ1v) is 8.00. The summed E-state index contributed by atoms with van der Waals surface area (Å²) < 4.78 is 5.51. The van der Waals surface area contributed by atoms with Gasteiger partial charge in [0.25, 0.3) is 0 Å². The minimum Gasteiger partial charge on any atom is -0.478 e. The van der Waals surface area contributed by atoms with E-state index in [0.717, 1.165) is 43.5 Å². The molecule has 0 atom stereocenters. The fraction of sp³-hybridized carbons (Fsp3) is 0.692. The van der Waals surface area contributed by atoms with Crippen molar-refractivity contribution in [3.05, 3.63) is 6.07 Å². The summed E-state index contributed by atoms with van der Waals surface area (Å²) in [4.78, 5) is 11.2. The molecule has 19 heavy (non-hydrogen) atoms. The van der Waals surface area contributed by atoms with Crippen LogP contribution in [0.1, 0.15) is 19.8 Å². The van der Waals surface area contributed by atoms with Gasteiger partial charge in [-0.05, 0) is 38.5 Å². The van der Waals surface area contributed by atoms with Crippen molar-refractivity contribution in [3.63, 3.8) is 0 Å². The molecule has 2 rings (SSSR count). The standard InChI is InChI=1S/C13H22N4OS/c1-3-18-12-8-11(15-13(16-12)19-2)17-6-4-10(9-14)5-7-17/h8,10H,3-7,9,14H2,1-2H3. The Morgan fingerprint density at radius 2 is 2.16 bits per heavy atom. The number of rotatable bonds is 5. The third-order valence-electron chi connectivity index (χ3n) is 3.42. The summed E-state index contributed by atoms with van der Waals surface area (Å²) in [5.74, 6) is 2.29. The van der Waals surface area contributed by atoms with Crippen LogP contribution in [0.2, 0.25) is 0 Å². The Labute approximate surface area is 118 Å². The van der Waals surface area contributed by atoms with Crippen LogP contribution >= 0.6 is 11.8 Å². The molecule has 1 fully saturated rings. The molecule has 0 bridgehead atoms. The van der Waals surface area contributed by atoms with Gasteiger partial charge in [-0.25, -0.2) is 4.98 Å². The van der Waals surface area contributed by atoms with Crippen LogP contribution in [0.4, 0.5) is 5.82 Å². The normalized spacial score (nSPS) is 16.7. The molecule has 0 aromatic carbocycles. The first-order chi connectivity index (χ1) is 9.26. The van der Waals surface area contributed by atoms with Gasteiger partial charge >= 0.3 is 0 Å². The highest BCUT2D eigenvalue weighted by Crippen LogP contribution is 2.25. The number of ether oxygens (including phenoxy) is 1. The van der Waals surface area contributed by atoms with Crippen LogP contribution in [0.25, 0.3) is 0 Å². The van der Waals surface area contributed by atoms with Gasteiger partial charge in [0.15, 0.2) is 5.16 Å². The van der Waals surface area contributed by atoms with Crippen LogP contribution in [0.3, 0.4) is 0 Å². The lowest BCUT2D eigenvalue weighted by Gasteiger charge is -2.32. The van der Waals surface area contributed by atoms with E-state index in [2.05, 4.69) is 14.9 Å². The minimum absolute atomic E-state index is 0.625. The number of aromatic nitrogens is 2. The molecular formula is C13H22N4OS. The van der Waals surface area contributed by atoms with Gasteiger partial charge in [-0.2, -0.15) is 4.98 Å². The number of nitrogens with two attached hydrogens (primary N) is 1. The number of anilines is 1. The van der Waals surface area contributed by atoms with Gasteiger partial charge in [0, 0.05) is 19.2 Å². The second-order valence-electron chi connectivity index (χ2n) is 4.65. The number of hydrogen-bond donors (Lipinski definition) is 1. The zero-order valence-electron chi connectivity index (χ0n) is 11.6. The highest BCUT2D eigenvalue weighted by atomic mass is 32.2. The predicted octanol–water partition coefficient (Wildman–Crippen LogP) is 1.77. The fourth-order valence-corrected chi connectivity index (χ4v) is 2.63. The molecule has 106 valence electrons. The third kappa shape index (κ3) is 3.73. The number of hydrogen-bond acceptors (Lipinski definition) is 6. The molecule has 0 spiro atoms. The Morgan fingerprint density at radius 3 is 2.74 bits per heavy atom. The largest absolute Gasteiger partial charge is 0.478 e. The van der Waals surface area contributed by atoms with Crippen LogP contribution in [0.15, 0.2) is 11.2 Å². The molecule has 0 aliphatic carbocycles. The van der Waals surface area contributed by atoms with E-state index >= 15 is 0 Å². The molecule has 1 aliphatic rings. The first-order valence-electron chi connectivity index (χ1n) is 6.77. The lowest BCUT2D eigenvalue weighted by molar-refractivity contribution is 0.322. The zero-order valence-corrected chi connectivity index (χ0v) is 12.4. The van der Waals surface area contributed by atoms with E-state index in [1.165, 1.54) is 0 Å². The summed E-state index contributed by atoms with van der Waals surface area (Å²) in [5, 5.41) is 0.766. The predicted molar refractivity (Wildman–Crippen MR) is 79.0 cm³/mol. The summed E-state index contributed by atoms with van der Waals surface area (Å²) in [7, 11) is 0. The van der Waals surface area contributed by atoms with Crippen molar-refractivity contribution in [3.8, 4) is 5.88 Å². The Kier molecular flexibility index (Phi) is 5.27. The van der Waals surface area contributed by atoms with Crippen molar-refractivity contribution in [2.24, 2.45) is 11.7 Å². The minimum atomic E-state index is 0.625. The fourth-order valence-electron chi connectivity index (χ4n) is 2.27. The van der Waals surface area contributed by atoms with E-state index in [9.17, 15) is 0 Å². The summed E-state index contributed by atoms with van der Waals surface area (Å²) in [6, 6.07) is 1.94. The third-order valence-corrected chi connectivity index (χ3v) is 3.96. The van der Waals surface area contributed by atoms with Crippen LogP contribution < -0.4 is 15.4 Å². The molecule has 0 saturated carbocycles. The quantitative estimate of drug-likeness (QED) is 0.656. The average molecular weight is 282 g/mol. The van der Waals surface area contributed by atoms with Gasteiger partial charge in [0.05, 0.1) is 6.61 Å². The van der Waals surface area contributed by atoms with Crippen LogP contribution in [0.5, 0.6) is 5.88 Å². The SMILES string of the molecule is CCOc1cc(N2CCC(CN)CC2)nc(SC)n1. The second-order valence-corrected chi connectivity index (χ2v) is 5.42. The molecule has 5 nitrogen and oxygen atoms in total. The second kappa shape index (κ2) is 6.96. The summed E-state index contributed by atoms with van der Waals surface area (Å²) in [6.07, 6.45) is 4.26. The Balaban J connectivity index is 2.12. The van der Waals surface area contributed by atoms with Crippen molar-refractivity contribution in [2.75, 3.05) is 37.4 Å². The molecule has 2 heterocycles. The van der Waals surface area contributed by atoms with Gasteiger partial charge in [-0.3, -0.25) is 0 Å². The summed E-state index contributed by atoms with van der Waals surface area (Å²) in [5.41, 5.74) is 5.73. The maximum Gasteiger partial charge on any atom is 0.219 e. The van der Waals surface area contributed by atoms with Crippen LogP contribution in [0, 0.1) is 5.92 Å². The number of piperidine rings is 1. The van der Waals surface area contributed by atoms with E-state index < -0.39 is 0 Å². The Hall–Kier alpha value is -1.01. The van der Waals surface area contributed by atoms with E-state index in [-0.39, 0.29) is 0 Å². The van der Waals surface area contributed by atoms with Crippen molar-refractivity contribution >= 4 is 17.6 Å². The van der Waals surface area contributed by atoms with Crippen molar-refractivity contribution in [1.29, 1.82) is 0 Å². The maximum atomic E-state index is 5.73. The molecular weight excluding hydrogens is 260 g/mol. The first kappa shape index (κ1) is 14.4. The maximum absolute atomic E-state index is 5.73. The van der Waals surface area contributed by atoms with Crippen LogP contribution in [-0.4, -0.2) is 42.5 Å². The Bertz CT molecular complexity index is 408. The molecule has 1 aromatic heterocycles. The molecule has 1 saturated heterocycles. The molecule has 6 heteroatoms. The van der Waals surface area contributed by atoms with E-state index in [0.29, 0.717) is 18.4 Å². The summed E-state index contributed by atoms with van der Waals surface area (Å²) >= 11 is 1.54. The number of thioether (sulfide) groups is 1. The molecule has 2 N–H and O–H groups in total. The Morgan fingerprint density at radius 1 is 1.42 bits per heavy atom. The molecule has 0 radical (unpaired) electrons. The average Bonchev–Trinajstić information content (AvgIpc) is 2.47. The van der Waals surface area contributed by atoms with Gasteiger partial charge < -0.3 is 15.4 Å². The molecule has 1 aliphatic heterocycles. The van der Waals surface area contributed by atoms with Gasteiger partial charge in [0.2, 0.25) is 5.88 Å². The number of nitrogens with zero attached hydrogens (tertiary/aromatic N) is 3. The lowest BCUT2D eigenvalue weighted by atomic mass is 9.97. The summed E-state index contributed by atoms with van der Waals surface area (Å²) in [6.45, 7) is 5.40. The molecule has 0 amide bonds. The smallest absolute Gasteiger partial charge is 0.219 e. The molecule has 1 aromatic rings. The van der Waals surface area contributed by atoms with E-state index in [1.54, 1.807) is 11.8 Å². The monoisotopic (exact) mass is 282 g/mol. The van der Waals surface area contributed by atoms with Gasteiger partial charge in [-0.15, -0.1) is 0 Å². The lowest BCUT2D eigenvalue weighted by Crippen LogP contribution is -2.36. The van der Waals surface area contributed by atoms with Crippen LogP contribution in [-0.2, 0) is 0 Å². The van der Waals surface area contributed by atoms with Gasteiger partial charge in [0.1, 0.15) is 5.82 Å². The van der Waals surface area contributed by atoms with E-state index in [4.69, 9.17) is 10.5 Å². The van der Waals surface area contributed by atoms with E-state index in [1.807, 2.05) is 19.2 Å². The molecule has 0 unspecified atom stereocenters. The highest BCUT2D eigenvalue weighted by molar-refractivity contribution is 7.98. The highest BCUT2D eigenvalue weighted by Gasteiger charge is 2.20. The van der Waals surface area contributed by atoms with Crippen molar-refractivity contribution in [2.45, 2.75) is 24.9 Å². The van der Waals surface area contributed by atoms with Gasteiger partial charge in [-0.1, -0.05) is 11.8 Å². The van der Waals surface area contributed by atoms with Crippen molar-refractivity contribution < 1.29 is 4.74 Å². The topological polar surface area (TPSA) is 64.3 Å².